The summed E-state index contributed by atoms with van der Waals surface area (Å²) in [6, 6.07) is 0.634. The Morgan fingerprint density at radius 1 is 1.11 bits per heavy atom. The summed E-state index contributed by atoms with van der Waals surface area (Å²) in [5, 5.41) is 3.61. The van der Waals surface area contributed by atoms with Crippen LogP contribution in [0.2, 0.25) is 0 Å². The molecule has 1 fully saturated rings. The van der Waals surface area contributed by atoms with E-state index in [2.05, 4.69) is 61.8 Å². The van der Waals surface area contributed by atoms with E-state index in [1.165, 1.54) is 39.3 Å². The van der Waals surface area contributed by atoms with E-state index >= 15 is 0 Å². The number of nitrogens with zero attached hydrogens (tertiary/aromatic N) is 3. The van der Waals surface area contributed by atoms with Crippen LogP contribution in [0, 0.1) is 0 Å². The summed E-state index contributed by atoms with van der Waals surface area (Å²) in [5.41, 5.74) is 0.224. The van der Waals surface area contributed by atoms with E-state index in [0.29, 0.717) is 6.04 Å². The van der Waals surface area contributed by atoms with Gasteiger partial charge in [0.1, 0.15) is 0 Å². The molecule has 1 aliphatic heterocycles. The molecule has 4 nitrogen and oxygen atoms in total. The fourth-order valence-electron chi connectivity index (χ4n) is 2.35. The SMILES string of the molecule is CC(CNC(C)(C)C)N1CCN(CCN(C)C)CC1. The first-order valence-corrected chi connectivity index (χ1v) is 7.64. The maximum absolute atomic E-state index is 3.61. The molecular formula is C15H34N4. The van der Waals surface area contributed by atoms with E-state index in [0.717, 1.165) is 6.54 Å². The highest BCUT2D eigenvalue weighted by Gasteiger charge is 2.21. The van der Waals surface area contributed by atoms with Gasteiger partial charge in [-0.1, -0.05) is 0 Å². The van der Waals surface area contributed by atoms with Crippen molar-refractivity contribution in [2.45, 2.75) is 39.3 Å². The molecule has 114 valence electrons. The molecule has 0 aromatic heterocycles. The van der Waals surface area contributed by atoms with E-state index in [-0.39, 0.29) is 5.54 Å². The standard InChI is InChI=1S/C15H34N4/c1-14(13-16-15(2,3)4)19-11-9-18(10-12-19)8-7-17(5)6/h14,16H,7-13H2,1-6H3. The molecule has 0 bridgehead atoms. The van der Waals surface area contributed by atoms with Gasteiger partial charge in [0, 0.05) is 57.4 Å². The summed E-state index contributed by atoms with van der Waals surface area (Å²) in [6.45, 7) is 17.4. The van der Waals surface area contributed by atoms with Gasteiger partial charge >= 0.3 is 0 Å². The van der Waals surface area contributed by atoms with E-state index in [4.69, 9.17) is 0 Å². The minimum Gasteiger partial charge on any atom is -0.311 e. The Morgan fingerprint density at radius 2 is 1.68 bits per heavy atom. The van der Waals surface area contributed by atoms with Gasteiger partial charge in [-0.3, -0.25) is 9.80 Å². The molecule has 4 heteroatoms. The van der Waals surface area contributed by atoms with Crippen LogP contribution in [0.1, 0.15) is 27.7 Å². The van der Waals surface area contributed by atoms with Gasteiger partial charge in [-0.15, -0.1) is 0 Å². The molecular weight excluding hydrogens is 236 g/mol. The first-order valence-electron chi connectivity index (χ1n) is 7.64. The second-order valence-corrected chi connectivity index (χ2v) is 7.16. The zero-order chi connectivity index (χ0) is 14.5. The Morgan fingerprint density at radius 3 is 2.16 bits per heavy atom. The summed E-state index contributed by atoms with van der Waals surface area (Å²) in [5.74, 6) is 0. The second-order valence-electron chi connectivity index (χ2n) is 7.16. The largest absolute Gasteiger partial charge is 0.311 e. The predicted molar refractivity (Wildman–Crippen MR) is 83.8 cm³/mol. The van der Waals surface area contributed by atoms with Gasteiger partial charge in [0.05, 0.1) is 0 Å². The molecule has 1 atom stereocenters. The number of piperazine rings is 1. The van der Waals surface area contributed by atoms with Gasteiger partial charge in [-0.2, -0.15) is 0 Å². The first kappa shape index (κ1) is 16.9. The summed E-state index contributed by atoms with van der Waals surface area (Å²) in [6.07, 6.45) is 0. The van der Waals surface area contributed by atoms with Crippen LogP contribution in [0.25, 0.3) is 0 Å². The maximum atomic E-state index is 3.61. The quantitative estimate of drug-likeness (QED) is 0.775. The molecule has 0 saturated carbocycles. The summed E-state index contributed by atoms with van der Waals surface area (Å²) in [4.78, 5) is 7.47. The van der Waals surface area contributed by atoms with Crippen molar-refractivity contribution in [3.8, 4) is 0 Å². The van der Waals surface area contributed by atoms with Crippen LogP contribution in [0.5, 0.6) is 0 Å². The van der Waals surface area contributed by atoms with Crippen LogP contribution >= 0.6 is 0 Å². The Balaban J connectivity index is 2.21. The third kappa shape index (κ3) is 7.25. The van der Waals surface area contributed by atoms with Crippen molar-refractivity contribution < 1.29 is 0 Å². The molecule has 0 spiro atoms. The van der Waals surface area contributed by atoms with E-state index in [1.807, 2.05) is 0 Å². The van der Waals surface area contributed by atoms with Crippen molar-refractivity contribution in [2.24, 2.45) is 0 Å². The first-order chi connectivity index (χ1) is 8.78. The van der Waals surface area contributed by atoms with Crippen LogP contribution in [-0.2, 0) is 0 Å². The molecule has 0 aromatic rings. The average Bonchev–Trinajstić information content (AvgIpc) is 2.33. The van der Waals surface area contributed by atoms with Crippen molar-refractivity contribution in [1.82, 2.24) is 20.0 Å². The fourth-order valence-corrected chi connectivity index (χ4v) is 2.35. The maximum Gasteiger partial charge on any atom is 0.0193 e. The molecule has 1 aliphatic rings. The van der Waals surface area contributed by atoms with Gasteiger partial charge in [-0.25, -0.2) is 0 Å². The summed E-state index contributed by atoms with van der Waals surface area (Å²) in [7, 11) is 4.30. The molecule has 0 amide bonds. The summed E-state index contributed by atoms with van der Waals surface area (Å²) < 4.78 is 0. The van der Waals surface area contributed by atoms with Gasteiger partial charge in [0.2, 0.25) is 0 Å². The Bertz CT molecular complexity index is 239. The Labute approximate surface area is 120 Å². The van der Waals surface area contributed by atoms with Crippen molar-refractivity contribution >= 4 is 0 Å². The molecule has 0 aliphatic carbocycles. The Kier molecular flexibility index (Phi) is 6.74. The third-order valence-corrected chi connectivity index (χ3v) is 3.82. The number of likely N-dealkylation sites (N-methyl/N-ethyl adjacent to an activating group) is 1. The van der Waals surface area contributed by atoms with Crippen LogP contribution in [0.4, 0.5) is 0 Å². The van der Waals surface area contributed by atoms with Gasteiger partial charge in [0.15, 0.2) is 0 Å². The lowest BCUT2D eigenvalue weighted by atomic mass is 10.1. The predicted octanol–water partition coefficient (Wildman–Crippen LogP) is 0.942. The van der Waals surface area contributed by atoms with Crippen molar-refractivity contribution in [3.05, 3.63) is 0 Å². The topological polar surface area (TPSA) is 21.8 Å². The second kappa shape index (κ2) is 7.58. The molecule has 1 N–H and O–H groups in total. The molecule has 1 saturated heterocycles. The average molecular weight is 270 g/mol. The summed E-state index contributed by atoms with van der Waals surface area (Å²) >= 11 is 0. The Hall–Kier alpha value is -0.160. The number of nitrogens with one attached hydrogen (secondary N) is 1. The lowest BCUT2D eigenvalue weighted by Crippen LogP contribution is -2.54. The highest BCUT2D eigenvalue weighted by Crippen LogP contribution is 2.07. The fraction of sp³-hybridized carbons (Fsp3) is 1.00. The van der Waals surface area contributed by atoms with Crippen molar-refractivity contribution in [3.63, 3.8) is 0 Å². The van der Waals surface area contributed by atoms with Crippen LogP contribution in [0.3, 0.4) is 0 Å². The number of hydrogen-bond donors (Lipinski definition) is 1. The molecule has 1 heterocycles. The normalized spacial score (nSPS) is 21.0. The molecule has 1 rings (SSSR count). The smallest absolute Gasteiger partial charge is 0.0193 e. The molecule has 19 heavy (non-hydrogen) atoms. The molecule has 1 unspecified atom stereocenters. The van der Waals surface area contributed by atoms with Gasteiger partial charge < -0.3 is 10.2 Å². The minimum absolute atomic E-state index is 0.224. The van der Waals surface area contributed by atoms with Crippen LogP contribution < -0.4 is 5.32 Å². The monoisotopic (exact) mass is 270 g/mol. The zero-order valence-electron chi connectivity index (χ0n) is 13.9. The molecule has 0 radical (unpaired) electrons. The van der Waals surface area contributed by atoms with Crippen LogP contribution in [0.15, 0.2) is 0 Å². The van der Waals surface area contributed by atoms with E-state index < -0.39 is 0 Å². The zero-order valence-corrected chi connectivity index (χ0v) is 13.9. The van der Waals surface area contributed by atoms with Crippen molar-refractivity contribution in [1.29, 1.82) is 0 Å². The third-order valence-electron chi connectivity index (χ3n) is 3.82. The number of rotatable bonds is 6. The van der Waals surface area contributed by atoms with Crippen molar-refractivity contribution in [2.75, 3.05) is 59.9 Å². The minimum atomic E-state index is 0.224. The van der Waals surface area contributed by atoms with E-state index in [9.17, 15) is 0 Å². The molecule has 0 aromatic carbocycles. The lowest BCUT2D eigenvalue weighted by Gasteiger charge is -2.39. The number of hydrogen-bond acceptors (Lipinski definition) is 4. The lowest BCUT2D eigenvalue weighted by molar-refractivity contribution is 0.0945. The highest BCUT2D eigenvalue weighted by molar-refractivity contribution is 4.80. The van der Waals surface area contributed by atoms with Gasteiger partial charge in [0.25, 0.3) is 0 Å². The van der Waals surface area contributed by atoms with Gasteiger partial charge in [-0.05, 0) is 41.8 Å². The van der Waals surface area contributed by atoms with E-state index in [1.54, 1.807) is 0 Å². The van der Waals surface area contributed by atoms with Crippen LogP contribution in [-0.4, -0.2) is 86.2 Å². The highest BCUT2D eigenvalue weighted by atomic mass is 15.3.